The van der Waals surface area contributed by atoms with E-state index in [0.717, 1.165) is 38.6 Å². The number of ether oxygens (including phenoxy) is 1. The summed E-state index contributed by atoms with van der Waals surface area (Å²) in [5.41, 5.74) is 0.741. The van der Waals surface area contributed by atoms with Gasteiger partial charge < -0.3 is 39.1 Å². The molecule has 2 aliphatic heterocycles. The van der Waals surface area contributed by atoms with E-state index in [1.54, 1.807) is 0 Å². The normalized spacial score (nSPS) is 30.2. The lowest BCUT2D eigenvalue weighted by molar-refractivity contribution is -0.0204. The molecule has 35 heavy (non-hydrogen) atoms. The zero-order valence-electron chi connectivity index (χ0n) is 18.4. The molecule has 0 aromatic carbocycles. The fourth-order valence-electron chi connectivity index (χ4n) is 5.20. The van der Waals surface area contributed by atoms with Gasteiger partial charge in [-0.2, -0.15) is 4.98 Å². The number of aliphatic hydroxyl groups is 2. The summed E-state index contributed by atoms with van der Waals surface area (Å²) >= 11 is 6.25. The molecule has 1 unspecified atom stereocenters. The van der Waals surface area contributed by atoms with Crippen molar-refractivity contribution in [2.75, 3.05) is 24.0 Å². The quantitative estimate of drug-likeness (QED) is 0.302. The molecule has 194 valence electrons. The Morgan fingerprint density at radius 3 is 2.54 bits per heavy atom. The first-order chi connectivity index (χ1) is 16.4. The molecule has 1 aliphatic carbocycles. The van der Waals surface area contributed by atoms with Crippen LogP contribution >= 0.6 is 26.8 Å². The molecule has 1 spiro atoms. The minimum atomic E-state index is -4.81. The van der Waals surface area contributed by atoms with Crippen LogP contribution in [0.2, 0.25) is 5.28 Å². The molecular weight excluding hydrogens is 528 g/mol. The maximum Gasteiger partial charge on any atom is 0.340 e. The number of rotatable bonds is 7. The van der Waals surface area contributed by atoms with Crippen molar-refractivity contribution in [2.24, 2.45) is 0 Å². The number of halogens is 1. The molecule has 0 amide bonds. The molecule has 1 saturated carbocycles. The van der Waals surface area contributed by atoms with Gasteiger partial charge in [-0.1, -0.05) is 0 Å². The molecule has 3 fully saturated rings. The van der Waals surface area contributed by atoms with E-state index >= 15 is 0 Å². The summed E-state index contributed by atoms with van der Waals surface area (Å²) in [6, 6.07) is 0. The Bertz CT molecular complexity index is 1220. The van der Waals surface area contributed by atoms with Crippen LogP contribution in [0.3, 0.4) is 0 Å². The number of nitrogens with zero attached hydrogens (tertiary/aromatic N) is 5. The molecule has 2 aromatic rings. The van der Waals surface area contributed by atoms with Crippen molar-refractivity contribution in [2.45, 2.75) is 62.1 Å². The highest BCUT2D eigenvalue weighted by molar-refractivity contribution is 7.70. The van der Waals surface area contributed by atoms with E-state index in [2.05, 4.69) is 20.0 Å². The average Bonchev–Trinajstić information content (AvgIpc) is 3.41. The van der Waals surface area contributed by atoms with Crippen LogP contribution in [0.4, 0.5) is 5.82 Å². The minimum absolute atomic E-state index is 0.0281. The van der Waals surface area contributed by atoms with Gasteiger partial charge in [0.2, 0.25) is 5.28 Å². The van der Waals surface area contributed by atoms with Crippen LogP contribution in [0, 0.1) is 0 Å². The maximum atomic E-state index is 11.9. The van der Waals surface area contributed by atoms with Crippen molar-refractivity contribution >= 4 is 38.3 Å². The summed E-state index contributed by atoms with van der Waals surface area (Å²) < 4.78 is 34.8. The molecule has 5 N–H and O–H groups in total. The zero-order chi connectivity index (χ0) is 25.2. The van der Waals surface area contributed by atoms with Crippen molar-refractivity contribution in [1.29, 1.82) is 0 Å². The first-order valence-electron chi connectivity index (χ1n) is 11.1. The Labute approximate surface area is 204 Å². The third kappa shape index (κ3) is 4.77. The standard InChI is InChI=1S/C18H26ClN5O9P2/c19-17-21-16(23-6-2-5-18(23)3-1-4-18)15-20-7-10(24(15)22-17)14-13(26)12(25)11(33-14)8-32-35(30,31)9-34(27,28)29/h7,11-14,25-26H,1-6,8-9H2,(H,30,31)(H2,27,28,29)/t11-,12-,13-,14+/m1/s1. The van der Waals surface area contributed by atoms with Gasteiger partial charge in [0.25, 0.3) is 0 Å². The van der Waals surface area contributed by atoms with Crippen LogP contribution in [0.15, 0.2) is 6.20 Å². The summed E-state index contributed by atoms with van der Waals surface area (Å²) in [4.78, 5) is 38.6. The number of aliphatic hydroxyl groups excluding tert-OH is 2. The van der Waals surface area contributed by atoms with E-state index < -0.39 is 52.1 Å². The van der Waals surface area contributed by atoms with E-state index in [1.807, 2.05) is 0 Å². The molecule has 2 saturated heterocycles. The van der Waals surface area contributed by atoms with Gasteiger partial charge in [-0.15, -0.1) is 5.10 Å². The Morgan fingerprint density at radius 2 is 1.89 bits per heavy atom. The zero-order valence-corrected chi connectivity index (χ0v) is 21.0. The number of anilines is 1. The molecule has 5 atom stereocenters. The molecule has 3 aliphatic rings. The summed E-state index contributed by atoms with van der Waals surface area (Å²) in [6.45, 7) is 0.123. The van der Waals surface area contributed by atoms with Crippen molar-refractivity contribution in [3.05, 3.63) is 17.2 Å². The summed E-state index contributed by atoms with van der Waals surface area (Å²) in [7, 11) is -9.48. The SMILES string of the molecule is O=P(O)(O)CP(=O)(O)OC[C@H]1O[C@@H](c2cnc3c(N4CCCC45CCC5)nc(Cl)nn23)[C@H](O)[C@@H]1O. The number of hydrogen-bond acceptors (Lipinski definition) is 10. The Hall–Kier alpha value is -1.18. The van der Waals surface area contributed by atoms with Gasteiger partial charge in [0.15, 0.2) is 17.4 Å². The predicted octanol–water partition coefficient (Wildman–Crippen LogP) is 0.799. The van der Waals surface area contributed by atoms with E-state index in [4.69, 9.17) is 30.6 Å². The summed E-state index contributed by atoms with van der Waals surface area (Å²) in [5.74, 6) is -0.793. The fourth-order valence-corrected chi connectivity index (χ4v) is 7.93. The number of aromatic nitrogens is 4. The second kappa shape index (κ2) is 8.98. The molecule has 0 bridgehead atoms. The average molecular weight is 554 g/mol. The van der Waals surface area contributed by atoms with Gasteiger partial charge in [-0.3, -0.25) is 9.13 Å². The van der Waals surface area contributed by atoms with E-state index in [-0.39, 0.29) is 16.5 Å². The highest BCUT2D eigenvalue weighted by Crippen LogP contribution is 2.55. The van der Waals surface area contributed by atoms with Crippen LogP contribution in [0.1, 0.15) is 43.9 Å². The first kappa shape index (κ1) is 25.5. The third-order valence-electron chi connectivity index (χ3n) is 6.94. The van der Waals surface area contributed by atoms with Crippen LogP contribution in [0.25, 0.3) is 5.65 Å². The van der Waals surface area contributed by atoms with Crippen LogP contribution in [-0.4, -0.2) is 87.4 Å². The molecule has 5 rings (SSSR count). The molecular formula is C18H26ClN5O9P2. The van der Waals surface area contributed by atoms with Gasteiger partial charge in [0, 0.05) is 12.1 Å². The van der Waals surface area contributed by atoms with Crippen molar-refractivity contribution in [3.8, 4) is 0 Å². The van der Waals surface area contributed by atoms with Gasteiger partial charge >= 0.3 is 15.2 Å². The third-order valence-corrected chi connectivity index (χ3v) is 10.6. The highest BCUT2D eigenvalue weighted by Gasteiger charge is 2.48. The minimum Gasteiger partial charge on any atom is -0.387 e. The van der Waals surface area contributed by atoms with Gasteiger partial charge in [0.1, 0.15) is 24.4 Å². The molecule has 4 heterocycles. The number of imidazole rings is 1. The number of fused-ring (bicyclic) bond motifs is 1. The smallest absolute Gasteiger partial charge is 0.340 e. The number of hydrogen-bond donors (Lipinski definition) is 5. The van der Waals surface area contributed by atoms with Crippen molar-refractivity contribution < 1.29 is 43.3 Å². The molecule has 14 nitrogen and oxygen atoms in total. The van der Waals surface area contributed by atoms with E-state index in [0.29, 0.717) is 11.5 Å². The van der Waals surface area contributed by atoms with Crippen molar-refractivity contribution in [3.63, 3.8) is 0 Å². The summed E-state index contributed by atoms with van der Waals surface area (Å²) in [5, 5.41) is 25.3. The molecule has 17 heteroatoms. The van der Waals surface area contributed by atoms with Crippen molar-refractivity contribution in [1.82, 2.24) is 19.6 Å². The fraction of sp³-hybridized carbons (Fsp3) is 0.722. The second-order valence-corrected chi connectivity index (χ2v) is 13.6. The molecule has 2 aromatic heterocycles. The van der Waals surface area contributed by atoms with E-state index in [9.17, 15) is 24.2 Å². The topological polar surface area (TPSA) is 200 Å². The van der Waals surface area contributed by atoms with Gasteiger partial charge in [-0.05, 0) is 43.7 Å². The lowest BCUT2D eigenvalue weighted by Crippen LogP contribution is -2.50. The summed E-state index contributed by atoms with van der Waals surface area (Å²) in [6.07, 6.45) is 1.40. The monoisotopic (exact) mass is 553 g/mol. The first-order valence-corrected chi connectivity index (χ1v) is 15.0. The van der Waals surface area contributed by atoms with E-state index in [1.165, 1.54) is 10.7 Å². The van der Waals surface area contributed by atoms with Crippen LogP contribution in [0.5, 0.6) is 0 Å². The van der Waals surface area contributed by atoms with Gasteiger partial charge in [0.05, 0.1) is 18.5 Å². The highest BCUT2D eigenvalue weighted by atomic mass is 35.5. The Balaban J connectivity index is 1.39. The Morgan fingerprint density at radius 1 is 1.17 bits per heavy atom. The van der Waals surface area contributed by atoms with Crippen LogP contribution < -0.4 is 4.90 Å². The van der Waals surface area contributed by atoms with Gasteiger partial charge in [-0.25, -0.2) is 9.50 Å². The Kier molecular flexibility index (Phi) is 6.54. The lowest BCUT2D eigenvalue weighted by Gasteiger charge is -2.46. The second-order valence-electron chi connectivity index (χ2n) is 9.27. The largest absolute Gasteiger partial charge is 0.387 e. The lowest BCUT2D eigenvalue weighted by atomic mass is 9.75. The van der Waals surface area contributed by atoms with Crippen LogP contribution in [-0.2, 0) is 18.4 Å². The maximum absolute atomic E-state index is 11.9. The molecule has 0 radical (unpaired) electrons. The predicted molar refractivity (Wildman–Crippen MR) is 121 cm³/mol.